The summed E-state index contributed by atoms with van der Waals surface area (Å²) in [5, 5.41) is 9.83. The molecule has 0 spiro atoms. The van der Waals surface area contributed by atoms with Crippen LogP contribution in [0.15, 0.2) is 47.6 Å². The lowest BCUT2D eigenvalue weighted by atomic mass is 10.1. The molecular formula is C17H24N4O3S. The lowest BCUT2D eigenvalue weighted by Gasteiger charge is -2.17. The van der Waals surface area contributed by atoms with Crippen LogP contribution in [-0.4, -0.2) is 37.0 Å². The number of aromatic nitrogens is 2. The van der Waals surface area contributed by atoms with Crippen molar-refractivity contribution >= 4 is 15.9 Å². The van der Waals surface area contributed by atoms with Gasteiger partial charge in [-0.05, 0) is 36.6 Å². The van der Waals surface area contributed by atoms with Gasteiger partial charge in [0.15, 0.2) is 9.84 Å². The maximum atomic E-state index is 12.0. The van der Waals surface area contributed by atoms with E-state index in [1.165, 1.54) is 6.26 Å². The number of carbonyl (C=O) groups is 1. The van der Waals surface area contributed by atoms with E-state index in [-0.39, 0.29) is 22.9 Å². The smallest absolute Gasteiger partial charge is 0.315 e. The van der Waals surface area contributed by atoms with E-state index >= 15 is 0 Å². The van der Waals surface area contributed by atoms with Gasteiger partial charge in [0.2, 0.25) is 0 Å². The largest absolute Gasteiger partial charge is 0.338 e. The van der Waals surface area contributed by atoms with E-state index in [4.69, 9.17) is 0 Å². The number of urea groups is 1. The third-order valence-electron chi connectivity index (χ3n) is 3.82. The van der Waals surface area contributed by atoms with Crippen LogP contribution >= 0.6 is 0 Å². The summed E-state index contributed by atoms with van der Waals surface area (Å²) in [7, 11) is -3.21. The Kier molecular flexibility index (Phi) is 6.19. The number of nitrogens with one attached hydrogen (secondary N) is 2. The first-order valence-corrected chi connectivity index (χ1v) is 9.96. The standard InChI is InChI=1S/C17H24N4O3S/c1-13(12-21-10-4-9-19-21)11-18-17(22)20-14(2)15-5-7-16(8-6-15)25(3,23)24/h4-10,13-14H,11-12H2,1-3H3,(H2,18,20,22)/t13-,14-/m0/s1. The summed E-state index contributed by atoms with van der Waals surface area (Å²) in [5.74, 6) is 0.245. The Bertz CT molecular complexity index is 786. The Hall–Kier alpha value is -2.35. The van der Waals surface area contributed by atoms with Gasteiger partial charge < -0.3 is 10.6 Å². The fourth-order valence-corrected chi connectivity index (χ4v) is 3.02. The molecule has 0 aliphatic carbocycles. The molecule has 0 saturated heterocycles. The van der Waals surface area contributed by atoms with Gasteiger partial charge in [-0.15, -0.1) is 0 Å². The predicted molar refractivity (Wildman–Crippen MR) is 95.9 cm³/mol. The van der Waals surface area contributed by atoms with Crippen molar-refractivity contribution in [1.29, 1.82) is 0 Å². The average Bonchev–Trinajstić information content (AvgIpc) is 3.05. The van der Waals surface area contributed by atoms with Crippen LogP contribution in [0.5, 0.6) is 0 Å². The van der Waals surface area contributed by atoms with E-state index in [1.807, 2.05) is 30.8 Å². The molecule has 7 nitrogen and oxygen atoms in total. The zero-order valence-electron chi connectivity index (χ0n) is 14.6. The molecule has 0 aliphatic heterocycles. The fourth-order valence-electron chi connectivity index (χ4n) is 2.39. The van der Waals surface area contributed by atoms with Crippen LogP contribution in [0.3, 0.4) is 0 Å². The third kappa shape index (κ3) is 5.90. The minimum absolute atomic E-state index is 0.227. The van der Waals surface area contributed by atoms with E-state index in [2.05, 4.69) is 15.7 Å². The fraction of sp³-hybridized carbons (Fsp3) is 0.412. The summed E-state index contributed by atoms with van der Waals surface area (Å²) in [6.07, 6.45) is 4.78. The van der Waals surface area contributed by atoms with Crippen molar-refractivity contribution < 1.29 is 13.2 Å². The number of amides is 2. The molecule has 2 N–H and O–H groups in total. The number of carbonyl (C=O) groups excluding carboxylic acids is 1. The zero-order valence-corrected chi connectivity index (χ0v) is 15.5. The van der Waals surface area contributed by atoms with Crippen LogP contribution in [0.25, 0.3) is 0 Å². The highest BCUT2D eigenvalue weighted by atomic mass is 32.2. The van der Waals surface area contributed by atoms with E-state index in [1.54, 1.807) is 30.5 Å². The topological polar surface area (TPSA) is 93.1 Å². The Morgan fingerprint density at radius 3 is 2.48 bits per heavy atom. The van der Waals surface area contributed by atoms with Gasteiger partial charge >= 0.3 is 6.03 Å². The summed E-state index contributed by atoms with van der Waals surface area (Å²) < 4.78 is 24.8. The monoisotopic (exact) mass is 364 g/mol. The lowest BCUT2D eigenvalue weighted by Crippen LogP contribution is -2.39. The Balaban J connectivity index is 1.81. The minimum Gasteiger partial charge on any atom is -0.338 e. The van der Waals surface area contributed by atoms with Gasteiger partial charge in [-0.3, -0.25) is 4.68 Å². The Labute approximate surface area is 148 Å². The maximum Gasteiger partial charge on any atom is 0.315 e. The number of hydrogen-bond acceptors (Lipinski definition) is 4. The maximum absolute atomic E-state index is 12.0. The molecule has 0 unspecified atom stereocenters. The third-order valence-corrected chi connectivity index (χ3v) is 4.95. The normalized spacial score (nSPS) is 13.9. The van der Waals surface area contributed by atoms with E-state index < -0.39 is 9.84 Å². The van der Waals surface area contributed by atoms with Crippen molar-refractivity contribution in [1.82, 2.24) is 20.4 Å². The molecule has 0 saturated carbocycles. The molecule has 2 atom stereocenters. The summed E-state index contributed by atoms with van der Waals surface area (Å²) in [6, 6.07) is 7.90. The van der Waals surface area contributed by atoms with Gasteiger partial charge in [-0.1, -0.05) is 19.1 Å². The molecule has 2 rings (SSSR count). The molecule has 0 fully saturated rings. The van der Waals surface area contributed by atoms with Gasteiger partial charge in [0, 0.05) is 31.7 Å². The van der Waals surface area contributed by atoms with Gasteiger partial charge in [-0.25, -0.2) is 13.2 Å². The number of hydrogen-bond donors (Lipinski definition) is 2. The molecule has 0 bridgehead atoms. The van der Waals surface area contributed by atoms with Crippen LogP contribution < -0.4 is 10.6 Å². The number of rotatable bonds is 7. The van der Waals surface area contributed by atoms with Crippen LogP contribution in [0.1, 0.15) is 25.5 Å². The van der Waals surface area contributed by atoms with E-state index in [0.717, 1.165) is 12.1 Å². The molecular weight excluding hydrogens is 340 g/mol. The van der Waals surface area contributed by atoms with Crippen molar-refractivity contribution in [2.45, 2.75) is 31.3 Å². The molecule has 1 aromatic heterocycles. The summed E-state index contributed by atoms with van der Waals surface area (Å²) in [5.41, 5.74) is 0.840. The lowest BCUT2D eigenvalue weighted by molar-refractivity contribution is 0.235. The van der Waals surface area contributed by atoms with Crippen LogP contribution in [0.4, 0.5) is 4.79 Å². The van der Waals surface area contributed by atoms with Gasteiger partial charge in [0.25, 0.3) is 0 Å². The number of nitrogens with zero attached hydrogens (tertiary/aromatic N) is 2. The second-order valence-electron chi connectivity index (χ2n) is 6.25. The highest BCUT2D eigenvalue weighted by Gasteiger charge is 2.12. The minimum atomic E-state index is -3.21. The quantitative estimate of drug-likeness (QED) is 0.786. The summed E-state index contributed by atoms with van der Waals surface area (Å²) in [6.45, 7) is 5.15. The second-order valence-corrected chi connectivity index (χ2v) is 8.27. The van der Waals surface area contributed by atoms with Crippen LogP contribution in [0.2, 0.25) is 0 Å². The van der Waals surface area contributed by atoms with Crippen molar-refractivity contribution in [2.75, 3.05) is 12.8 Å². The highest BCUT2D eigenvalue weighted by Crippen LogP contribution is 2.16. The molecule has 1 aromatic carbocycles. The predicted octanol–water partition coefficient (Wildman–Crippen LogP) is 1.98. The van der Waals surface area contributed by atoms with Crippen molar-refractivity contribution in [3.8, 4) is 0 Å². The number of sulfone groups is 1. The molecule has 1 heterocycles. The molecule has 136 valence electrons. The first kappa shape index (κ1) is 19.0. The number of benzene rings is 1. The SMILES string of the molecule is C[C@@H](CNC(=O)N[C@@H](C)c1ccc(S(C)(=O)=O)cc1)Cn1cccn1. The van der Waals surface area contributed by atoms with Crippen molar-refractivity contribution in [2.24, 2.45) is 5.92 Å². The van der Waals surface area contributed by atoms with Crippen molar-refractivity contribution in [3.63, 3.8) is 0 Å². The second kappa shape index (κ2) is 8.15. The first-order valence-electron chi connectivity index (χ1n) is 8.07. The molecule has 8 heteroatoms. The Morgan fingerprint density at radius 1 is 1.24 bits per heavy atom. The molecule has 2 aromatic rings. The average molecular weight is 364 g/mol. The molecule has 0 aliphatic rings. The van der Waals surface area contributed by atoms with Crippen LogP contribution in [0, 0.1) is 5.92 Å². The van der Waals surface area contributed by atoms with E-state index in [9.17, 15) is 13.2 Å². The summed E-state index contributed by atoms with van der Waals surface area (Å²) in [4.78, 5) is 12.3. The van der Waals surface area contributed by atoms with Crippen molar-refractivity contribution in [3.05, 3.63) is 48.3 Å². The molecule has 2 amide bonds. The van der Waals surface area contributed by atoms with Gasteiger partial charge in [-0.2, -0.15) is 5.10 Å². The van der Waals surface area contributed by atoms with Crippen LogP contribution in [-0.2, 0) is 16.4 Å². The first-order chi connectivity index (χ1) is 11.8. The summed E-state index contributed by atoms with van der Waals surface area (Å²) >= 11 is 0. The van der Waals surface area contributed by atoms with Gasteiger partial charge in [0.1, 0.15) is 0 Å². The van der Waals surface area contributed by atoms with Gasteiger partial charge in [0.05, 0.1) is 10.9 Å². The Morgan fingerprint density at radius 2 is 1.92 bits per heavy atom. The zero-order chi connectivity index (χ0) is 18.4. The molecule has 25 heavy (non-hydrogen) atoms. The molecule has 0 radical (unpaired) electrons. The highest BCUT2D eigenvalue weighted by molar-refractivity contribution is 7.90. The van der Waals surface area contributed by atoms with E-state index in [0.29, 0.717) is 6.54 Å².